The van der Waals surface area contributed by atoms with Gasteiger partial charge in [-0.3, -0.25) is 0 Å². The largest absolute Gasteiger partial charge is 0.394 e. The topological polar surface area (TPSA) is 45.6 Å². The number of aryl methyl sites for hydroxylation is 1. The van der Waals surface area contributed by atoms with Crippen LogP contribution < -0.4 is 4.90 Å². The Kier molecular flexibility index (Phi) is 3.18. The van der Waals surface area contributed by atoms with Crippen molar-refractivity contribution in [2.75, 3.05) is 31.2 Å². The average Bonchev–Trinajstić information content (AvgIpc) is 2.30. The third kappa shape index (κ3) is 2.46. The summed E-state index contributed by atoms with van der Waals surface area (Å²) in [5.74, 6) is 0.961. The monoisotopic (exact) mass is 208 g/mol. The first-order chi connectivity index (χ1) is 7.29. The number of rotatable bonds is 2. The van der Waals surface area contributed by atoms with Gasteiger partial charge in [-0.05, 0) is 18.6 Å². The molecular weight excluding hydrogens is 192 g/mol. The number of aromatic nitrogens is 1. The molecule has 0 aromatic carbocycles. The summed E-state index contributed by atoms with van der Waals surface area (Å²) in [5, 5.41) is 9.03. The summed E-state index contributed by atoms with van der Waals surface area (Å²) in [5.41, 5.74) is 1.16. The van der Waals surface area contributed by atoms with Crippen LogP contribution in [-0.4, -0.2) is 42.5 Å². The van der Waals surface area contributed by atoms with Crippen molar-refractivity contribution in [1.29, 1.82) is 0 Å². The van der Waals surface area contributed by atoms with E-state index < -0.39 is 0 Å². The van der Waals surface area contributed by atoms with E-state index in [0.29, 0.717) is 13.2 Å². The molecule has 1 atom stereocenters. The second kappa shape index (κ2) is 4.59. The molecule has 1 aliphatic rings. The Morgan fingerprint density at radius 3 is 3.13 bits per heavy atom. The van der Waals surface area contributed by atoms with Gasteiger partial charge in [0.25, 0.3) is 0 Å². The van der Waals surface area contributed by atoms with E-state index in [1.54, 1.807) is 0 Å². The maximum absolute atomic E-state index is 9.03. The number of hydrogen-bond donors (Lipinski definition) is 1. The molecule has 0 aliphatic carbocycles. The van der Waals surface area contributed by atoms with E-state index in [1.165, 1.54) is 0 Å². The predicted molar refractivity (Wildman–Crippen MR) is 58.0 cm³/mol. The Morgan fingerprint density at radius 2 is 2.47 bits per heavy atom. The maximum atomic E-state index is 9.03. The minimum absolute atomic E-state index is 0.0718. The van der Waals surface area contributed by atoms with E-state index in [-0.39, 0.29) is 12.7 Å². The van der Waals surface area contributed by atoms with Crippen molar-refractivity contribution in [2.24, 2.45) is 0 Å². The second-order valence-electron chi connectivity index (χ2n) is 3.82. The molecule has 1 N–H and O–H groups in total. The van der Waals surface area contributed by atoms with Crippen LogP contribution in [0.4, 0.5) is 5.82 Å². The van der Waals surface area contributed by atoms with Crippen LogP contribution in [0.15, 0.2) is 18.3 Å². The Hall–Kier alpha value is -1.13. The highest BCUT2D eigenvalue weighted by Gasteiger charge is 2.20. The number of ether oxygens (including phenoxy) is 1. The lowest BCUT2D eigenvalue weighted by Gasteiger charge is -2.32. The van der Waals surface area contributed by atoms with E-state index in [0.717, 1.165) is 17.9 Å². The molecule has 1 fully saturated rings. The van der Waals surface area contributed by atoms with E-state index in [4.69, 9.17) is 9.84 Å². The third-order valence-electron chi connectivity index (χ3n) is 2.56. The number of anilines is 1. The molecule has 2 heterocycles. The maximum Gasteiger partial charge on any atom is 0.128 e. The molecule has 0 amide bonds. The van der Waals surface area contributed by atoms with Crippen molar-refractivity contribution in [3.8, 4) is 0 Å². The average molecular weight is 208 g/mol. The minimum atomic E-state index is -0.0816. The molecule has 0 radical (unpaired) electrons. The summed E-state index contributed by atoms with van der Waals surface area (Å²) in [6, 6.07) is 4.06. The molecule has 1 saturated heterocycles. The summed E-state index contributed by atoms with van der Waals surface area (Å²) in [6.45, 7) is 4.30. The van der Waals surface area contributed by atoms with Crippen LogP contribution in [0.3, 0.4) is 0 Å². The van der Waals surface area contributed by atoms with Crippen molar-refractivity contribution >= 4 is 5.82 Å². The highest BCUT2D eigenvalue weighted by molar-refractivity contribution is 5.39. The summed E-state index contributed by atoms with van der Waals surface area (Å²) >= 11 is 0. The fraction of sp³-hybridized carbons (Fsp3) is 0.545. The first kappa shape index (κ1) is 10.4. The van der Waals surface area contributed by atoms with Gasteiger partial charge >= 0.3 is 0 Å². The fourth-order valence-corrected chi connectivity index (χ4v) is 1.68. The molecule has 15 heavy (non-hydrogen) atoms. The lowest BCUT2D eigenvalue weighted by Crippen LogP contribution is -2.44. The molecule has 0 saturated carbocycles. The number of aliphatic hydroxyl groups is 1. The highest BCUT2D eigenvalue weighted by atomic mass is 16.5. The van der Waals surface area contributed by atoms with Gasteiger partial charge in [-0.2, -0.15) is 0 Å². The predicted octanol–water partition coefficient (Wildman–Crippen LogP) is 0.588. The molecule has 4 heteroatoms. The van der Waals surface area contributed by atoms with Gasteiger partial charge in [-0.15, -0.1) is 0 Å². The smallest absolute Gasteiger partial charge is 0.128 e. The molecule has 2 rings (SSSR count). The Balaban J connectivity index is 2.06. The van der Waals surface area contributed by atoms with Crippen LogP contribution in [0.5, 0.6) is 0 Å². The first-order valence-electron chi connectivity index (χ1n) is 5.19. The molecule has 1 aromatic heterocycles. The zero-order chi connectivity index (χ0) is 10.7. The van der Waals surface area contributed by atoms with Crippen LogP contribution in [0.1, 0.15) is 5.56 Å². The number of aliphatic hydroxyl groups excluding tert-OH is 1. The first-order valence-corrected chi connectivity index (χ1v) is 5.19. The quantitative estimate of drug-likeness (QED) is 0.772. The van der Waals surface area contributed by atoms with Crippen LogP contribution in [0.2, 0.25) is 0 Å². The standard InChI is InChI=1S/C11H16N2O2/c1-9-2-3-11(12-6-9)13-4-5-15-10(7-13)8-14/h2-3,6,10,14H,4-5,7-8H2,1H3. The SMILES string of the molecule is Cc1ccc(N2CCOC(CO)C2)nc1. The van der Waals surface area contributed by atoms with Crippen molar-refractivity contribution in [1.82, 2.24) is 4.98 Å². The van der Waals surface area contributed by atoms with Gasteiger partial charge in [0.05, 0.1) is 19.3 Å². The number of pyridine rings is 1. The molecule has 0 bridgehead atoms. The van der Waals surface area contributed by atoms with Crippen LogP contribution in [0.25, 0.3) is 0 Å². The lowest BCUT2D eigenvalue weighted by atomic mass is 10.2. The van der Waals surface area contributed by atoms with E-state index in [2.05, 4.69) is 9.88 Å². The zero-order valence-electron chi connectivity index (χ0n) is 8.89. The molecular formula is C11H16N2O2. The van der Waals surface area contributed by atoms with Crippen molar-refractivity contribution in [3.05, 3.63) is 23.9 Å². The van der Waals surface area contributed by atoms with Crippen molar-refractivity contribution in [2.45, 2.75) is 13.0 Å². The molecule has 1 unspecified atom stereocenters. The summed E-state index contributed by atoms with van der Waals surface area (Å²) < 4.78 is 5.38. The molecule has 0 spiro atoms. The van der Waals surface area contributed by atoms with Gasteiger partial charge in [0.2, 0.25) is 0 Å². The molecule has 1 aliphatic heterocycles. The second-order valence-corrected chi connectivity index (χ2v) is 3.82. The highest BCUT2D eigenvalue weighted by Crippen LogP contribution is 2.14. The van der Waals surface area contributed by atoms with E-state index >= 15 is 0 Å². The Bertz CT molecular complexity index is 313. The number of morpholine rings is 1. The van der Waals surface area contributed by atoms with Gasteiger partial charge < -0.3 is 14.7 Å². The molecule has 82 valence electrons. The number of hydrogen-bond acceptors (Lipinski definition) is 4. The molecule has 1 aromatic rings. The van der Waals surface area contributed by atoms with E-state index in [1.807, 2.05) is 25.3 Å². The van der Waals surface area contributed by atoms with Gasteiger partial charge in [0, 0.05) is 19.3 Å². The fourth-order valence-electron chi connectivity index (χ4n) is 1.68. The van der Waals surface area contributed by atoms with Gasteiger partial charge in [-0.1, -0.05) is 6.07 Å². The van der Waals surface area contributed by atoms with Crippen molar-refractivity contribution in [3.63, 3.8) is 0 Å². The third-order valence-corrected chi connectivity index (χ3v) is 2.56. The normalized spacial score (nSPS) is 21.7. The number of nitrogens with zero attached hydrogens (tertiary/aromatic N) is 2. The Labute approximate surface area is 89.5 Å². The van der Waals surface area contributed by atoms with Crippen molar-refractivity contribution < 1.29 is 9.84 Å². The van der Waals surface area contributed by atoms with Gasteiger partial charge in [0.1, 0.15) is 5.82 Å². The summed E-state index contributed by atoms with van der Waals surface area (Å²) in [7, 11) is 0. The minimum Gasteiger partial charge on any atom is -0.394 e. The summed E-state index contributed by atoms with van der Waals surface area (Å²) in [4.78, 5) is 6.50. The van der Waals surface area contributed by atoms with Gasteiger partial charge in [0.15, 0.2) is 0 Å². The van der Waals surface area contributed by atoms with Crippen LogP contribution >= 0.6 is 0 Å². The Morgan fingerprint density at radius 1 is 1.60 bits per heavy atom. The lowest BCUT2D eigenvalue weighted by molar-refractivity contribution is 0.00336. The van der Waals surface area contributed by atoms with Crippen LogP contribution in [-0.2, 0) is 4.74 Å². The zero-order valence-corrected chi connectivity index (χ0v) is 8.89. The van der Waals surface area contributed by atoms with Gasteiger partial charge in [-0.25, -0.2) is 4.98 Å². The summed E-state index contributed by atoms with van der Waals surface area (Å²) in [6.07, 6.45) is 1.78. The molecule has 4 nitrogen and oxygen atoms in total. The van der Waals surface area contributed by atoms with Crippen LogP contribution in [0, 0.1) is 6.92 Å². The van der Waals surface area contributed by atoms with E-state index in [9.17, 15) is 0 Å².